The highest BCUT2D eigenvalue weighted by molar-refractivity contribution is 4.84. The van der Waals surface area contributed by atoms with E-state index in [1.165, 1.54) is 13.0 Å². The fraction of sp³-hybridized carbons (Fsp3) is 1.00. The lowest BCUT2D eigenvalue weighted by atomic mass is 10.1. The topological polar surface area (TPSA) is 35.5 Å². The molecule has 2 fully saturated rings. The Kier molecular flexibility index (Phi) is 2.63. The second-order valence-corrected chi connectivity index (χ2v) is 3.94. The summed E-state index contributed by atoms with van der Waals surface area (Å²) in [6, 6.07) is 0.694. The van der Waals surface area contributed by atoms with Gasteiger partial charge >= 0.3 is 0 Å². The maximum Gasteiger partial charge on any atom is 0.0667 e. The maximum atomic E-state index is 9.48. The van der Waals surface area contributed by atoms with E-state index in [4.69, 9.17) is 0 Å². The van der Waals surface area contributed by atoms with Crippen molar-refractivity contribution in [1.82, 2.24) is 10.2 Å². The summed E-state index contributed by atoms with van der Waals surface area (Å²) < 4.78 is 0. The molecule has 0 amide bonds. The van der Waals surface area contributed by atoms with Crippen molar-refractivity contribution >= 4 is 0 Å². The number of nitrogens with one attached hydrogen (secondary N) is 1. The number of nitrogens with zero attached hydrogens (tertiary/aromatic N) is 1. The van der Waals surface area contributed by atoms with E-state index in [0.29, 0.717) is 6.04 Å². The van der Waals surface area contributed by atoms with Gasteiger partial charge in [0.2, 0.25) is 0 Å². The molecule has 0 aromatic heterocycles. The van der Waals surface area contributed by atoms with Gasteiger partial charge in [-0.25, -0.2) is 0 Å². The predicted octanol–water partition coefficient (Wildman–Crippen LogP) is -0.195. The predicted molar refractivity (Wildman–Crippen MR) is 48.1 cm³/mol. The van der Waals surface area contributed by atoms with Crippen LogP contribution in [-0.4, -0.2) is 48.3 Å². The molecule has 0 bridgehead atoms. The maximum absolute atomic E-state index is 9.48. The number of likely N-dealkylation sites (tertiary alicyclic amines) is 1. The summed E-state index contributed by atoms with van der Waals surface area (Å²) in [5.74, 6) is 0. The third kappa shape index (κ3) is 1.79. The Labute approximate surface area is 73.8 Å². The Bertz CT molecular complexity index is 145. The van der Waals surface area contributed by atoms with E-state index in [1.54, 1.807) is 0 Å². The van der Waals surface area contributed by atoms with Crippen molar-refractivity contribution in [3.05, 3.63) is 0 Å². The molecular weight excluding hydrogens is 152 g/mol. The molecule has 0 aromatic carbocycles. The van der Waals surface area contributed by atoms with Crippen LogP contribution in [0.1, 0.15) is 19.3 Å². The lowest BCUT2D eigenvalue weighted by Gasteiger charge is -2.34. The van der Waals surface area contributed by atoms with Gasteiger partial charge in [-0.05, 0) is 32.4 Å². The fourth-order valence-electron chi connectivity index (χ4n) is 2.27. The van der Waals surface area contributed by atoms with Crippen molar-refractivity contribution in [2.45, 2.75) is 31.4 Å². The molecule has 12 heavy (non-hydrogen) atoms. The fourth-order valence-corrected chi connectivity index (χ4v) is 2.27. The lowest BCUT2D eigenvalue weighted by Crippen LogP contribution is -2.45. The summed E-state index contributed by atoms with van der Waals surface area (Å²) in [6.07, 6.45) is 3.35. The van der Waals surface area contributed by atoms with Gasteiger partial charge in [0, 0.05) is 19.1 Å². The zero-order valence-corrected chi connectivity index (χ0v) is 7.50. The molecule has 0 spiro atoms. The van der Waals surface area contributed by atoms with Crippen molar-refractivity contribution in [1.29, 1.82) is 0 Å². The number of hydrogen-bond acceptors (Lipinski definition) is 3. The number of aliphatic hydroxyl groups is 1. The largest absolute Gasteiger partial charge is 0.392 e. The molecule has 70 valence electrons. The first-order chi connectivity index (χ1) is 5.86. The molecular formula is C9H18N2O. The van der Waals surface area contributed by atoms with E-state index in [2.05, 4.69) is 10.2 Å². The minimum atomic E-state index is -0.0700. The standard InChI is InChI=1S/C9H18N2O/c12-9-2-1-5-11(7-9)8-3-4-10-6-8/h8-10,12H,1-7H2/t8-,9+/m1/s1. The van der Waals surface area contributed by atoms with Crippen molar-refractivity contribution in [2.75, 3.05) is 26.2 Å². The Morgan fingerprint density at radius 1 is 1.33 bits per heavy atom. The molecule has 0 saturated carbocycles. The Morgan fingerprint density at radius 2 is 2.25 bits per heavy atom. The third-order valence-electron chi connectivity index (χ3n) is 2.98. The second-order valence-electron chi connectivity index (χ2n) is 3.94. The minimum Gasteiger partial charge on any atom is -0.392 e. The zero-order valence-electron chi connectivity index (χ0n) is 7.50. The summed E-state index contributed by atoms with van der Waals surface area (Å²) in [5, 5.41) is 12.8. The van der Waals surface area contributed by atoms with Crippen molar-refractivity contribution in [3.63, 3.8) is 0 Å². The molecule has 0 unspecified atom stereocenters. The zero-order chi connectivity index (χ0) is 8.39. The van der Waals surface area contributed by atoms with E-state index >= 15 is 0 Å². The molecule has 2 atom stereocenters. The van der Waals surface area contributed by atoms with E-state index in [0.717, 1.165) is 32.5 Å². The Morgan fingerprint density at radius 3 is 2.92 bits per heavy atom. The van der Waals surface area contributed by atoms with Crippen LogP contribution in [0.25, 0.3) is 0 Å². The van der Waals surface area contributed by atoms with Gasteiger partial charge in [-0.2, -0.15) is 0 Å². The van der Waals surface area contributed by atoms with Gasteiger partial charge in [0.15, 0.2) is 0 Å². The summed E-state index contributed by atoms with van der Waals surface area (Å²) in [5.41, 5.74) is 0. The Balaban J connectivity index is 1.85. The summed E-state index contributed by atoms with van der Waals surface area (Å²) in [4.78, 5) is 2.44. The monoisotopic (exact) mass is 170 g/mol. The van der Waals surface area contributed by atoms with E-state index < -0.39 is 0 Å². The molecule has 0 aromatic rings. The smallest absolute Gasteiger partial charge is 0.0667 e. The van der Waals surface area contributed by atoms with E-state index in [1.807, 2.05) is 0 Å². The summed E-state index contributed by atoms with van der Waals surface area (Å²) in [6.45, 7) is 4.35. The van der Waals surface area contributed by atoms with Crippen LogP contribution in [0.2, 0.25) is 0 Å². The van der Waals surface area contributed by atoms with Crippen LogP contribution >= 0.6 is 0 Å². The van der Waals surface area contributed by atoms with Gasteiger partial charge < -0.3 is 10.4 Å². The molecule has 0 aliphatic carbocycles. The van der Waals surface area contributed by atoms with Gasteiger partial charge in [0.05, 0.1) is 6.10 Å². The van der Waals surface area contributed by atoms with Crippen LogP contribution in [-0.2, 0) is 0 Å². The molecule has 2 saturated heterocycles. The third-order valence-corrected chi connectivity index (χ3v) is 2.98. The van der Waals surface area contributed by atoms with Gasteiger partial charge in [-0.15, -0.1) is 0 Å². The summed E-state index contributed by atoms with van der Waals surface area (Å²) in [7, 11) is 0. The van der Waals surface area contributed by atoms with Crippen LogP contribution in [0.15, 0.2) is 0 Å². The molecule has 2 rings (SSSR count). The van der Waals surface area contributed by atoms with Gasteiger partial charge in [0.1, 0.15) is 0 Å². The SMILES string of the molecule is O[C@H]1CCCN([C@@H]2CCNC2)C1. The average molecular weight is 170 g/mol. The minimum absolute atomic E-state index is 0.0700. The molecule has 2 N–H and O–H groups in total. The normalized spacial score (nSPS) is 38.8. The first kappa shape index (κ1) is 8.48. The molecule has 2 heterocycles. The van der Waals surface area contributed by atoms with Gasteiger partial charge in [0.25, 0.3) is 0 Å². The van der Waals surface area contributed by atoms with E-state index in [-0.39, 0.29) is 6.10 Å². The lowest BCUT2D eigenvalue weighted by molar-refractivity contribution is 0.0509. The highest BCUT2D eigenvalue weighted by Gasteiger charge is 2.26. The van der Waals surface area contributed by atoms with E-state index in [9.17, 15) is 5.11 Å². The molecule has 2 aliphatic heterocycles. The van der Waals surface area contributed by atoms with Crippen LogP contribution in [0.3, 0.4) is 0 Å². The molecule has 3 nitrogen and oxygen atoms in total. The van der Waals surface area contributed by atoms with Crippen molar-refractivity contribution < 1.29 is 5.11 Å². The summed E-state index contributed by atoms with van der Waals surface area (Å²) >= 11 is 0. The van der Waals surface area contributed by atoms with Crippen LogP contribution < -0.4 is 5.32 Å². The number of hydrogen-bond donors (Lipinski definition) is 2. The second kappa shape index (κ2) is 3.73. The van der Waals surface area contributed by atoms with Crippen molar-refractivity contribution in [2.24, 2.45) is 0 Å². The number of β-amino-alcohol motifs (C(OH)–C–C–N with tert-alkyl or cyclic N) is 1. The highest BCUT2D eigenvalue weighted by atomic mass is 16.3. The van der Waals surface area contributed by atoms with Crippen LogP contribution in [0.5, 0.6) is 0 Å². The molecule has 0 radical (unpaired) electrons. The Hall–Kier alpha value is -0.120. The van der Waals surface area contributed by atoms with Gasteiger partial charge in [-0.1, -0.05) is 0 Å². The van der Waals surface area contributed by atoms with Crippen LogP contribution in [0, 0.1) is 0 Å². The number of piperidine rings is 1. The van der Waals surface area contributed by atoms with Crippen molar-refractivity contribution in [3.8, 4) is 0 Å². The quantitative estimate of drug-likeness (QED) is 0.572. The molecule has 2 aliphatic rings. The van der Waals surface area contributed by atoms with Crippen LogP contribution in [0.4, 0.5) is 0 Å². The first-order valence-electron chi connectivity index (χ1n) is 4.99. The molecule has 3 heteroatoms. The number of aliphatic hydroxyl groups excluding tert-OH is 1. The first-order valence-corrected chi connectivity index (χ1v) is 4.99. The average Bonchev–Trinajstić information content (AvgIpc) is 2.56. The van der Waals surface area contributed by atoms with Gasteiger partial charge in [-0.3, -0.25) is 4.90 Å². The highest BCUT2D eigenvalue weighted by Crippen LogP contribution is 2.16. The number of rotatable bonds is 1.